The minimum Gasteiger partial charge on any atom is -0.354 e. The Morgan fingerprint density at radius 2 is 2.11 bits per heavy atom. The number of nitrogens with zero attached hydrogens (tertiary/aromatic N) is 2. The summed E-state index contributed by atoms with van der Waals surface area (Å²) in [5.74, 6) is 0.0417. The summed E-state index contributed by atoms with van der Waals surface area (Å²) in [5.41, 5.74) is 3.38. The molecule has 4 rings (SSSR count). The van der Waals surface area contributed by atoms with Crippen molar-refractivity contribution in [3.63, 3.8) is 0 Å². The van der Waals surface area contributed by atoms with E-state index in [0.29, 0.717) is 19.0 Å². The Bertz CT molecular complexity index is 903. The second-order valence-electron chi connectivity index (χ2n) is 6.93. The highest BCUT2D eigenvalue weighted by Gasteiger charge is 2.21. The monoisotopic (exact) mass is 397 g/mol. The van der Waals surface area contributed by atoms with Crippen LogP contribution in [0, 0.1) is 0 Å². The van der Waals surface area contributed by atoms with Gasteiger partial charge in [0.25, 0.3) is 0 Å². The largest absolute Gasteiger partial charge is 0.354 e. The summed E-state index contributed by atoms with van der Waals surface area (Å²) in [5, 5.41) is 8.21. The predicted molar refractivity (Wildman–Crippen MR) is 112 cm³/mol. The molecule has 1 N–H and O–H groups in total. The lowest BCUT2D eigenvalue weighted by atomic mass is 10.1. The molecule has 1 aromatic carbocycles. The summed E-state index contributed by atoms with van der Waals surface area (Å²) in [4.78, 5) is 20.9. The number of rotatable bonds is 6. The van der Waals surface area contributed by atoms with Crippen LogP contribution >= 0.6 is 22.7 Å². The smallest absolute Gasteiger partial charge is 0.226 e. The van der Waals surface area contributed by atoms with E-state index in [1.165, 1.54) is 10.4 Å². The van der Waals surface area contributed by atoms with E-state index in [4.69, 9.17) is 0 Å². The maximum Gasteiger partial charge on any atom is 0.226 e. The summed E-state index contributed by atoms with van der Waals surface area (Å²) < 4.78 is 0. The van der Waals surface area contributed by atoms with Gasteiger partial charge in [-0.05, 0) is 30.4 Å². The number of benzene rings is 1. The first-order valence-electron chi connectivity index (χ1n) is 9.25. The maximum atomic E-state index is 12.3. The summed E-state index contributed by atoms with van der Waals surface area (Å²) in [6.45, 7) is 4.92. The zero-order chi connectivity index (χ0) is 18.6. The topological polar surface area (TPSA) is 45.2 Å². The van der Waals surface area contributed by atoms with E-state index in [1.54, 1.807) is 11.3 Å². The number of nitrogens with one attached hydrogen (secondary N) is 1. The van der Waals surface area contributed by atoms with Crippen molar-refractivity contribution in [3.05, 3.63) is 63.3 Å². The van der Waals surface area contributed by atoms with Crippen LogP contribution < -0.4 is 5.32 Å². The van der Waals surface area contributed by atoms with Crippen LogP contribution in [0.25, 0.3) is 10.6 Å². The van der Waals surface area contributed by atoms with Crippen molar-refractivity contribution in [2.24, 2.45) is 0 Å². The van der Waals surface area contributed by atoms with E-state index < -0.39 is 0 Å². The number of thiazole rings is 1. The number of amides is 1. The highest BCUT2D eigenvalue weighted by atomic mass is 32.1. The zero-order valence-corrected chi connectivity index (χ0v) is 17.0. The van der Waals surface area contributed by atoms with Gasteiger partial charge in [-0.25, -0.2) is 4.98 Å². The van der Waals surface area contributed by atoms with Crippen LogP contribution in [0.5, 0.6) is 0 Å². The van der Waals surface area contributed by atoms with Gasteiger partial charge in [0.2, 0.25) is 5.91 Å². The maximum absolute atomic E-state index is 12.3. The van der Waals surface area contributed by atoms with E-state index >= 15 is 0 Å². The summed E-state index contributed by atoms with van der Waals surface area (Å²) in [6.07, 6.45) is 1.46. The van der Waals surface area contributed by atoms with Crippen LogP contribution in [0.1, 0.15) is 23.1 Å². The molecule has 3 aromatic rings. The molecule has 0 bridgehead atoms. The fraction of sp³-hybridized carbons (Fsp3) is 0.333. The number of fused-ring (bicyclic) bond motifs is 1. The molecule has 0 radical (unpaired) electrons. The average Bonchev–Trinajstić information content (AvgIpc) is 3.35. The van der Waals surface area contributed by atoms with Crippen LogP contribution in [0.3, 0.4) is 0 Å². The Kier molecular flexibility index (Phi) is 5.66. The SMILES string of the molecule is CC(CNC(=O)Cc1csc(-c2ccccc2)n1)N1CCc2sccc2C1. The van der Waals surface area contributed by atoms with Crippen molar-refractivity contribution < 1.29 is 4.79 Å². The first-order valence-corrected chi connectivity index (χ1v) is 11.0. The van der Waals surface area contributed by atoms with Crippen molar-refractivity contribution in [1.82, 2.24) is 15.2 Å². The normalized spacial score (nSPS) is 15.3. The van der Waals surface area contributed by atoms with Gasteiger partial charge >= 0.3 is 0 Å². The van der Waals surface area contributed by atoms with Gasteiger partial charge in [-0.2, -0.15) is 0 Å². The van der Waals surface area contributed by atoms with Crippen LogP contribution in [0.2, 0.25) is 0 Å². The van der Waals surface area contributed by atoms with Crippen molar-refractivity contribution in [1.29, 1.82) is 0 Å². The van der Waals surface area contributed by atoms with Crippen molar-refractivity contribution >= 4 is 28.6 Å². The molecule has 140 valence electrons. The molecule has 1 atom stereocenters. The van der Waals surface area contributed by atoms with Gasteiger partial charge in [0.05, 0.1) is 12.1 Å². The predicted octanol–water partition coefficient (Wildman–Crippen LogP) is 3.98. The van der Waals surface area contributed by atoms with Gasteiger partial charge < -0.3 is 5.32 Å². The molecule has 0 aliphatic carbocycles. The number of hydrogen-bond acceptors (Lipinski definition) is 5. The minimum absolute atomic E-state index is 0.0417. The molecule has 0 saturated heterocycles. The number of carbonyl (C=O) groups is 1. The molecule has 0 fully saturated rings. The summed E-state index contributed by atoms with van der Waals surface area (Å²) in [6, 6.07) is 12.6. The summed E-state index contributed by atoms with van der Waals surface area (Å²) in [7, 11) is 0. The summed E-state index contributed by atoms with van der Waals surface area (Å²) >= 11 is 3.44. The Morgan fingerprint density at radius 1 is 1.26 bits per heavy atom. The molecular weight excluding hydrogens is 374 g/mol. The fourth-order valence-corrected chi connectivity index (χ4v) is 5.08. The molecule has 27 heavy (non-hydrogen) atoms. The van der Waals surface area contributed by atoms with Crippen molar-refractivity contribution in [2.45, 2.75) is 32.4 Å². The third-order valence-corrected chi connectivity index (χ3v) is 6.93. The van der Waals surface area contributed by atoms with Crippen LogP contribution in [-0.4, -0.2) is 34.9 Å². The Hall–Kier alpha value is -2.02. The Morgan fingerprint density at radius 3 is 2.96 bits per heavy atom. The quantitative estimate of drug-likeness (QED) is 0.684. The molecular formula is C21H23N3OS2. The Balaban J connectivity index is 1.27. The van der Waals surface area contributed by atoms with Crippen molar-refractivity contribution in [3.8, 4) is 10.6 Å². The average molecular weight is 398 g/mol. The third kappa shape index (κ3) is 4.46. The van der Waals surface area contributed by atoms with E-state index in [0.717, 1.165) is 35.8 Å². The first kappa shape index (κ1) is 18.3. The van der Waals surface area contributed by atoms with E-state index in [1.807, 2.05) is 47.0 Å². The molecule has 2 aromatic heterocycles. The molecule has 0 saturated carbocycles. The lowest BCUT2D eigenvalue weighted by Gasteiger charge is -2.32. The van der Waals surface area contributed by atoms with Gasteiger partial charge in [-0.1, -0.05) is 30.3 Å². The lowest BCUT2D eigenvalue weighted by molar-refractivity contribution is -0.120. The van der Waals surface area contributed by atoms with E-state index in [-0.39, 0.29) is 5.91 Å². The Labute approximate surface area is 167 Å². The van der Waals surface area contributed by atoms with Gasteiger partial charge in [-0.3, -0.25) is 9.69 Å². The lowest BCUT2D eigenvalue weighted by Crippen LogP contribution is -2.44. The second kappa shape index (κ2) is 8.33. The molecule has 1 unspecified atom stereocenters. The first-order chi connectivity index (χ1) is 13.2. The van der Waals surface area contributed by atoms with Crippen LogP contribution in [0.4, 0.5) is 0 Å². The molecule has 1 amide bonds. The third-order valence-electron chi connectivity index (χ3n) is 4.97. The molecule has 1 aliphatic rings. The van der Waals surface area contributed by atoms with E-state index in [2.05, 4.69) is 33.6 Å². The zero-order valence-electron chi connectivity index (χ0n) is 15.4. The number of aromatic nitrogens is 1. The van der Waals surface area contributed by atoms with Crippen LogP contribution in [0.15, 0.2) is 47.2 Å². The van der Waals surface area contributed by atoms with Gasteiger partial charge in [0.1, 0.15) is 5.01 Å². The molecule has 3 heterocycles. The standard InChI is InChI=1S/C21H23N3OS2/c1-15(24-9-7-19-17(13-24)8-10-26-19)12-22-20(25)11-18-14-27-21(23-18)16-5-3-2-4-6-16/h2-6,8,10,14-15H,7,9,11-13H2,1H3,(H,22,25). The highest BCUT2D eigenvalue weighted by Crippen LogP contribution is 2.25. The van der Waals surface area contributed by atoms with Gasteiger partial charge in [0, 0.05) is 41.5 Å². The molecule has 6 heteroatoms. The fourth-order valence-electron chi connectivity index (χ4n) is 3.37. The number of hydrogen-bond donors (Lipinski definition) is 1. The van der Waals surface area contributed by atoms with Gasteiger partial charge in [-0.15, -0.1) is 22.7 Å². The van der Waals surface area contributed by atoms with Crippen LogP contribution in [-0.2, 0) is 24.2 Å². The number of carbonyl (C=O) groups excluding carboxylic acids is 1. The molecule has 0 spiro atoms. The number of thiophene rings is 1. The minimum atomic E-state index is 0.0417. The highest BCUT2D eigenvalue weighted by molar-refractivity contribution is 7.13. The van der Waals surface area contributed by atoms with E-state index in [9.17, 15) is 4.79 Å². The van der Waals surface area contributed by atoms with Gasteiger partial charge in [0.15, 0.2) is 0 Å². The second-order valence-corrected chi connectivity index (χ2v) is 8.79. The molecule has 1 aliphatic heterocycles. The molecule has 4 nitrogen and oxygen atoms in total. The van der Waals surface area contributed by atoms with Crippen molar-refractivity contribution in [2.75, 3.05) is 13.1 Å².